The Bertz CT molecular complexity index is 1330. The van der Waals surface area contributed by atoms with E-state index in [-0.39, 0.29) is 0 Å². The first-order valence-corrected chi connectivity index (χ1v) is 42.4. The molecule has 0 saturated heterocycles. The van der Waals surface area contributed by atoms with E-state index in [2.05, 4.69) is 20.8 Å². The standard InChI is InChI=1S/C85H168O4/c1-5-7-9-11-13-15-17-19-21-23-24-25-26-27-28-32-39-45-51-57-63-69-75-82(85(87)88)83(86)76-70-64-58-52-46-40-33-29-31-37-43-49-55-61-67-73-80-78-81(80)74-68-62-56-50-44-38-34-35-41-47-53-59-65-71-77-84(89-4)79(3)72-66-60-54-48-42-36-30-22-20-18-16-14-12-10-8-6-2/h79-84,86H,5-78H2,1-4H3,(H,87,88)/t79-,80-,81?,82+,83+,84+/m0/s1. The highest BCUT2D eigenvalue weighted by Gasteiger charge is 2.35. The normalized spacial score (nSPS) is 15.5. The first-order chi connectivity index (χ1) is 43.9. The van der Waals surface area contributed by atoms with E-state index in [1.54, 1.807) is 6.42 Å². The summed E-state index contributed by atoms with van der Waals surface area (Å²) in [6.07, 6.45) is 102. The van der Waals surface area contributed by atoms with Gasteiger partial charge in [0, 0.05) is 7.11 Å². The molecule has 6 atom stereocenters. The van der Waals surface area contributed by atoms with E-state index >= 15 is 0 Å². The molecule has 1 rings (SSSR count). The predicted molar refractivity (Wildman–Crippen MR) is 397 cm³/mol. The maximum absolute atomic E-state index is 12.0. The molecule has 0 aromatic carbocycles. The summed E-state index contributed by atoms with van der Waals surface area (Å²) in [4.78, 5) is 12.0. The van der Waals surface area contributed by atoms with Crippen LogP contribution in [-0.2, 0) is 9.53 Å². The smallest absolute Gasteiger partial charge is 0.309 e. The van der Waals surface area contributed by atoms with Crippen molar-refractivity contribution in [2.75, 3.05) is 7.11 Å². The van der Waals surface area contributed by atoms with Crippen molar-refractivity contribution in [1.29, 1.82) is 0 Å². The topological polar surface area (TPSA) is 66.8 Å². The summed E-state index contributed by atoms with van der Waals surface area (Å²) >= 11 is 0. The highest BCUT2D eigenvalue weighted by Crippen LogP contribution is 2.46. The van der Waals surface area contributed by atoms with Gasteiger partial charge in [0.15, 0.2) is 0 Å². The molecule has 532 valence electrons. The van der Waals surface area contributed by atoms with E-state index < -0.39 is 18.0 Å². The fourth-order valence-corrected chi connectivity index (χ4v) is 15.4. The lowest BCUT2D eigenvalue weighted by Crippen LogP contribution is -2.28. The zero-order valence-corrected chi connectivity index (χ0v) is 62.0. The van der Waals surface area contributed by atoms with Gasteiger partial charge >= 0.3 is 5.97 Å². The van der Waals surface area contributed by atoms with Crippen molar-refractivity contribution in [3.63, 3.8) is 0 Å². The lowest BCUT2D eigenvalue weighted by Gasteiger charge is -2.22. The third-order valence-electron chi connectivity index (χ3n) is 22.1. The fraction of sp³-hybridized carbons (Fsp3) is 0.988. The number of carboxylic acids is 1. The Labute approximate surface area is 561 Å². The number of carboxylic acid groups (broad SMARTS) is 1. The van der Waals surface area contributed by atoms with Gasteiger partial charge in [-0.2, -0.15) is 0 Å². The average molecular weight is 1250 g/mol. The van der Waals surface area contributed by atoms with E-state index in [9.17, 15) is 15.0 Å². The van der Waals surface area contributed by atoms with Crippen molar-refractivity contribution in [2.45, 2.75) is 508 Å². The SMILES string of the molecule is CCCCCCCCCCCCCCCCCCCCCCCC[C@@H](C(=O)O)[C@H](O)CCCCCCCCCCCCCCCCC[C@H]1CC1CCCCCCCCCCCCCCCC[C@@H](OC)[C@@H](C)CCCCCCCCCCCCCCCCCC. The largest absolute Gasteiger partial charge is 0.481 e. The quantitative estimate of drug-likeness (QED) is 0.0596. The second kappa shape index (κ2) is 71.7. The first kappa shape index (κ1) is 86.4. The summed E-state index contributed by atoms with van der Waals surface area (Å²) < 4.78 is 5.98. The number of rotatable bonds is 79. The van der Waals surface area contributed by atoms with Crippen LogP contribution in [0.15, 0.2) is 0 Å². The third kappa shape index (κ3) is 63.2. The second-order valence-electron chi connectivity index (χ2n) is 30.7. The van der Waals surface area contributed by atoms with Gasteiger partial charge in [-0.1, -0.05) is 464 Å². The zero-order valence-electron chi connectivity index (χ0n) is 62.0. The van der Waals surface area contributed by atoms with Gasteiger partial charge in [0.25, 0.3) is 0 Å². The van der Waals surface area contributed by atoms with Crippen molar-refractivity contribution >= 4 is 5.97 Å². The van der Waals surface area contributed by atoms with E-state index in [1.807, 2.05) is 7.11 Å². The molecule has 1 aliphatic rings. The molecule has 89 heavy (non-hydrogen) atoms. The van der Waals surface area contributed by atoms with Gasteiger partial charge in [-0.3, -0.25) is 4.79 Å². The number of unbranched alkanes of at least 4 members (excludes halogenated alkanes) is 63. The summed E-state index contributed by atoms with van der Waals surface area (Å²) in [6.45, 7) is 7.06. The Hall–Kier alpha value is -0.610. The number of aliphatic carboxylic acids is 1. The minimum Gasteiger partial charge on any atom is -0.481 e. The van der Waals surface area contributed by atoms with Crippen molar-refractivity contribution in [1.82, 2.24) is 0 Å². The summed E-state index contributed by atoms with van der Waals surface area (Å²) in [5.74, 6) is 1.50. The number of hydrogen-bond donors (Lipinski definition) is 2. The number of hydrogen-bond acceptors (Lipinski definition) is 3. The summed E-state index contributed by atoms with van der Waals surface area (Å²) in [5.41, 5.74) is 0. The molecule has 0 aliphatic heterocycles. The highest BCUT2D eigenvalue weighted by molar-refractivity contribution is 5.70. The van der Waals surface area contributed by atoms with Crippen LogP contribution in [-0.4, -0.2) is 35.5 Å². The van der Waals surface area contributed by atoms with Crippen LogP contribution >= 0.6 is 0 Å². The van der Waals surface area contributed by atoms with E-state index in [0.29, 0.717) is 24.9 Å². The molecule has 0 heterocycles. The Kier molecular flexibility index (Phi) is 69.6. The molecular weight excluding hydrogens is 1080 g/mol. The van der Waals surface area contributed by atoms with Crippen molar-refractivity contribution in [3.05, 3.63) is 0 Å². The Morgan fingerprint density at radius 2 is 0.506 bits per heavy atom. The lowest BCUT2D eigenvalue weighted by molar-refractivity contribution is -0.146. The maximum Gasteiger partial charge on any atom is 0.309 e. The monoisotopic (exact) mass is 1250 g/mol. The Morgan fingerprint density at radius 3 is 0.742 bits per heavy atom. The van der Waals surface area contributed by atoms with Gasteiger partial charge < -0.3 is 14.9 Å². The molecule has 0 radical (unpaired) electrons. The minimum absolute atomic E-state index is 0.470. The van der Waals surface area contributed by atoms with Crippen molar-refractivity contribution in [2.24, 2.45) is 23.7 Å². The molecular formula is C85H168O4. The lowest BCUT2D eigenvalue weighted by atomic mass is 9.91. The summed E-state index contributed by atoms with van der Waals surface area (Å²) in [6, 6.07) is 0. The van der Waals surface area contributed by atoms with Crippen LogP contribution in [0.25, 0.3) is 0 Å². The fourth-order valence-electron chi connectivity index (χ4n) is 15.4. The van der Waals surface area contributed by atoms with E-state index in [0.717, 1.165) is 37.5 Å². The van der Waals surface area contributed by atoms with Crippen molar-refractivity contribution in [3.8, 4) is 0 Å². The Balaban J connectivity index is 1.76. The van der Waals surface area contributed by atoms with Gasteiger partial charge in [-0.25, -0.2) is 0 Å². The van der Waals surface area contributed by atoms with Crippen LogP contribution < -0.4 is 0 Å². The minimum atomic E-state index is -0.798. The van der Waals surface area contributed by atoms with Crippen LogP contribution in [0.1, 0.15) is 496 Å². The van der Waals surface area contributed by atoms with Crippen molar-refractivity contribution < 1.29 is 19.7 Å². The van der Waals surface area contributed by atoms with E-state index in [1.165, 1.54) is 430 Å². The Morgan fingerprint density at radius 1 is 0.303 bits per heavy atom. The van der Waals surface area contributed by atoms with Gasteiger partial charge in [-0.05, 0) is 49.9 Å². The van der Waals surface area contributed by atoms with Crippen LogP contribution in [0.3, 0.4) is 0 Å². The van der Waals surface area contributed by atoms with Gasteiger partial charge in [-0.15, -0.1) is 0 Å². The molecule has 0 bridgehead atoms. The van der Waals surface area contributed by atoms with Gasteiger partial charge in [0.1, 0.15) is 0 Å². The molecule has 1 saturated carbocycles. The first-order valence-electron chi connectivity index (χ1n) is 42.4. The zero-order chi connectivity index (χ0) is 64.1. The molecule has 1 fully saturated rings. The molecule has 1 unspecified atom stereocenters. The number of aliphatic hydroxyl groups is 1. The van der Waals surface area contributed by atoms with Gasteiger partial charge in [0.05, 0.1) is 18.1 Å². The number of ether oxygens (including phenoxy) is 1. The summed E-state index contributed by atoms with van der Waals surface area (Å²) in [5, 5.41) is 20.6. The second-order valence-corrected chi connectivity index (χ2v) is 30.7. The molecule has 4 nitrogen and oxygen atoms in total. The number of methoxy groups -OCH3 is 1. The molecule has 0 aromatic heterocycles. The summed E-state index contributed by atoms with van der Waals surface area (Å²) in [7, 11) is 1.96. The number of aliphatic hydroxyl groups excluding tert-OH is 1. The molecule has 1 aliphatic carbocycles. The van der Waals surface area contributed by atoms with Crippen LogP contribution in [0.2, 0.25) is 0 Å². The van der Waals surface area contributed by atoms with Crippen LogP contribution in [0.4, 0.5) is 0 Å². The third-order valence-corrected chi connectivity index (χ3v) is 22.1. The van der Waals surface area contributed by atoms with Crippen LogP contribution in [0, 0.1) is 23.7 Å². The molecule has 2 N–H and O–H groups in total. The van der Waals surface area contributed by atoms with Gasteiger partial charge in [0.2, 0.25) is 0 Å². The molecule has 0 aromatic rings. The van der Waals surface area contributed by atoms with E-state index in [4.69, 9.17) is 4.74 Å². The maximum atomic E-state index is 12.0. The molecule has 0 amide bonds. The predicted octanol–water partition coefficient (Wildman–Crippen LogP) is 29.9. The average Bonchev–Trinajstić information content (AvgIpc) is 4.32. The molecule has 4 heteroatoms. The molecule has 0 spiro atoms. The highest BCUT2D eigenvalue weighted by atomic mass is 16.5. The number of carbonyl (C=O) groups is 1. The van der Waals surface area contributed by atoms with Crippen LogP contribution in [0.5, 0.6) is 0 Å².